The van der Waals surface area contributed by atoms with Gasteiger partial charge in [0.25, 0.3) is 0 Å². The molecule has 0 radical (unpaired) electrons. The van der Waals surface area contributed by atoms with Crippen molar-refractivity contribution in [2.24, 2.45) is 0 Å². The quantitative estimate of drug-likeness (QED) is 0.854. The largest absolute Gasteiger partial charge is 0.417 e. The molecule has 0 spiro atoms. The van der Waals surface area contributed by atoms with Gasteiger partial charge in [0.05, 0.1) is 15.5 Å². The lowest BCUT2D eigenvalue weighted by Crippen LogP contribution is -2.32. The second-order valence-electron chi connectivity index (χ2n) is 5.14. The lowest BCUT2D eigenvalue weighted by atomic mass is 10.2. The summed E-state index contributed by atoms with van der Waals surface area (Å²) < 4.78 is 68.3. The van der Waals surface area contributed by atoms with Crippen LogP contribution in [-0.4, -0.2) is 24.7 Å². The Hall–Kier alpha value is -2.07. The summed E-state index contributed by atoms with van der Waals surface area (Å²) in [5.74, 6) is -0.577. The smallest absolute Gasteiger partial charge is 0.360 e. The number of nitrogens with one attached hydrogen (secondary N) is 1. The van der Waals surface area contributed by atoms with Crippen LogP contribution in [0.1, 0.15) is 18.2 Å². The number of aryl methyl sites for hydroxylation is 1. The molecule has 1 amide bonds. The number of halogens is 4. The van der Waals surface area contributed by atoms with E-state index in [4.69, 9.17) is 16.1 Å². The summed E-state index contributed by atoms with van der Waals surface area (Å²) >= 11 is 5.47. The summed E-state index contributed by atoms with van der Waals surface area (Å²) in [4.78, 5) is 11.4. The number of alkyl halides is 3. The Morgan fingerprint density at radius 1 is 1.32 bits per heavy atom. The second-order valence-corrected chi connectivity index (χ2v) is 7.81. The minimum Gasteiger partial charge on any atom is -0.360 e. The third-order valence-corrected chi connectivity index (χ3v) is 5.67. The number of anilines is 1. The first kappa shape index (κ1) is 19.3. The molecule has 11 heteroatoms. The molecular formula is C14H12ClF3N2O4S. The Balaban J connectivity index is 2.32. The van der Waals surface area contributed by atoms with Gasteiger partial charge in [0.2, 0.25) is 5.91 Å². The van der Waals surface area contributed by atoms with Gasteiger partial charge in [-0.2, -0.15) is 13.2 Å². The molecule has 1 unspecified atom stereocenters. The number of nitrogens with zero attached hydrogens (tertiary/aromatic N) is 1. The fraction of sp³-hybridized carbons (Fsp3) is 0.286. The first-order chi connectivity index (χ1) is 11.4. The number of carbonyl (C=O) groups excluding carboxylic acids is 1. The number of sulfone groups is 1. The number of hydrogen-bond acceptors (Lipinski definition) is 5. The van der Waals surface area contributed by atoms with E-state index < -0.39 is 42.7 Å². The van der Waals surface area contributed by atoms with Crippen molar-refractivity contribution < 1.29 is 30.9 Å². The molecule has 136 valence electrons. The van der Waals surface area contributed by atoms with Gasteiger partial charge in [-0.3, -0.25) is 4.79 Å². The van der Waals surface area contributed by atoms with Gasteiger partial charge >= 0.3 is 6.18 Å². The van der Waals surface area contributed by atoms with Gasteiger partial charge in [-0.1, -0.05) is 16.8 Å². The van der Waals surface area contributed by atoms with Crippen LogP contribution in [0.4, 0.5) is 19.0 Å². The van der Waals surface area contributed by atoms with Crippen LogP contribution in [0.5, 0.6) is 0 Å². The summed E-state index contributed by atoms with van der Waals surface area (Å²) in [6.45, 7) is 2.62. The molecule has 1 aromatic carbocycles. The van der Waals surface area contributed by atoms with Crippen LogP contribution in [0, 0.1) is 6.92 Å². The average molecular weight is 397 g/mol. The normalized spacial score (nSPS) is 13.5. The fourth-order valence-electron chi connectivity index (χ4n) is 1.90. The summed E-state index contributed by atoms with van der Waals surface area (Å²) in [5, 5.41) is 3.41. The Morgan fingerprint density at radius 3 is 2.48 bits per heavy atom. The first-order valence-corrected chi connectivity index (χ1v) is 8.70. The van der Waals surface area contributed by atoms with Gasteiger partial charge in [-0.25, -0.2) is 8.42 Å². The van der Waals surface area contributed by atoms with E-state index in [0.29, 0.717) is 11.8 Å². The van der Waals surface area contributed by atoms with Crippen LogP contribution < -0.4 is 5.32 Å². The monoisotopic (exact) mass is 396 g/mol. The van der Waals surface area contributed by atoms with Crippen molar-refractivity contribution in [3.8, 4) is 0 Å². The van der Waals surface area contributed by atoms with Crippen molar-refractivity contribution in [2.75, 3.05) is 5.32 Å². The highest BCUT2D eigenvalue weighted by Crippen LogP contribution is 2.36. The highest BCUT2D eigenvalue weighted by molar-refractivity contribution is 7.92. The fourth-order valence-corrected chi connectivity index (χ4v) is 3.41. The summed E-state index contributed by atoms with van der Waals surface area (Å²) in [7, 11) is -4.38. The third-order valence-electron chi connectivity index (χ3n) is 3.29. The Kier molecular flexibility index (Phi) is 5.14. The predicted molar refractivity (Wildman–Crippen MR) is 83.0 cm³/mol. The molecule has 0 aliphatic rings. The van der Waals surface area contributed by atoms with E-state index in [1.54, 1.807) is 6.92 Å². The van der Waals surface area contributed by atoms with E-state index in [0.717, 1.165) is 19.1 Å². The van der Waals surface area contributed by atoms with Crippen LogP contribution in [0.25, 0.3) is 0 Å². The van der Waals surface area contributed by atoms with Crippen molar-refractivity contribution in [1.82, 2.24) is 5.16 Å². The number of rotatable bonds is 4. The van der Waals surface area contributed by atoms with Gasteiger partial charge in [0, 0.05) is 6.07 Å². The standard InChI is InChI=1S/C14H12ClF3N2O4S/c1-7-5-12(20-24-7)19-13(21)8(2)25(22,23)9-3-4-11(15)10(6-9)14(16,17)18/h3-6,8H,1-2H3,(H,19,20,21). The zero-order valence-corrected chi connectivity index (χ0v) is 14.5. The minimum absolute atomic E-state index is 0.00311. The molecule has 0 bridgehead atoms. The number of amides is 1. The molecular weight excluding hydrogens is 385 g/mol. The minimum atomic E-state index is -4.83. The van der Waals surface area contributed by atoms with E-state index in [1.807, 2.05) is 0 Å². The zero-order chi connectivity index (χ0) is 19.0. The van der Waals surface area contributed by atoms with Gasteiger partial charge in [0.1, 0.15) is 11.0 Å². The molecule has 0 aliphatic carbocycles. The van der Waals surface area contributed by atoms with Crippen molar-refractivity contribution >= 4 is 33.2 Å². The molecule has 1 heterocycles. The number of hydrogen-bond donors (Lipinski definition) is 1. The highest BCUT2D eigenvalue weighted by Gasteiger charge is 2.36. The van der Waals surface area contributed by atoms with Crippen LogP contribution in [0.15, 0.2) is 33.7 Å². The first-order valence-electron chi connectivity index (χ1n) is 6.77. The van der Waals surface area contributed by atoms with E-state index in [-0.39, 0.29) is 5.82 Å². The molecule has 2 rings (SSSR count). The van der Waals surface area contributed by atoms with Gasteiger partial charge in [0.15, 0.2) is 15.7 Å². The lowest BCUT2D eigenvalue weighted by molar-refractivity contribution is -0.137. The predicted octanol–water partition coefficient (Wildman–Crippen LogP) is 3.46. The van der Waals surface area contributed by atoms with Crippen LogP contribution in [0.2, 0.25) is 5.02 Å². The van der Waals surface area contributed by atoms with E-state index >= 15 is 0 Å². The number of aromatic nitrogens is 1. The topological polar surface area (TPSA) is 89.3 Å². The van der Waals surface area contributed by atoms with Gasteiger partial charge in [-0.15, -0.1) is 0 Å². The van der Waals surface area contributed by atoms with Gasteiger partial charge in [-0.05, 0) is 32.0 Å². The van der Waals surface area contributed by atoms with Crippen LogP contribution in [-0.2, 0) is 20.8 Å². The molecule has 0 saturated carbocycles. The molecule has 25 heavy (non-hydrogen) atoms. The van der Waals surface area contributed by atoms with Crippen molar-refractivity contribution in [1.29, 1.82) is 0 Å². The molecule has 0 aliphatic heterocycles. The van der Waals surface area contributed by atoms with E-state index in [9.17, 15) is 26.4 Å². The van der Waals surface area contributed by atoms with Crippen molar-refractivity contribution in [3.63, 3.8) is 0 Å². The maximum absolute atomic E-state index is 12.9. The van der Waals surface area contributed by atoms with E-state index in [1.165, 1.54) is 6.07 Å². The maximum atomic E-state index is 12.9. The number of benzene rings is 1. The molecule has 1 N–H and O–H groups in total. The average Bonchev–Trinajstić information content (AvgIpc) is 2.90. The second kappa shape index (κ2) is 6.68. The molecule has 0 fully saturated rings. The third kappa shape index (κ3) is 4.13. The SMILES string of the molecule is Cc1cc(NC(=O)C(C)S(=O)(=O)c2ccc(Cl)c(C(F)(F)F)c2)no1. The molecule has 0 saturated heterocycles. The number of carbonyl (C=O) groups is 1. The Labute approximate surface area is 145 Å². The summed E-state index contributed by atoms with van der Waals surface area (Å²) in [5.41, 5.74) is -1.30. The summed E-state index contributed by atoms with van der Waals surface area (Å²) in [6, 6.07) is 3.50. The lowest BCUT2D eigenvalue weighted by Gasteiger charge is -2.15. The van der Waals surface area contributed by atoms with E-state index in [2.05, 4.69) is 10.5 Å². The van der Waals surface area contributed by atoms with Gasteiger partial charge < -0.3 is 9.84 Å². The summed E-state index contributed by atoms with van der Waals surface area (Å²) in [6.07, 6.45) is -4.83. The van der Waals surface area contributed by atoms with Crippen LogP contribution >= 0.6 is 11.6 Å². The van der Waals surface area contributed by atoms with Crippen molar-refractivity contribution in [3.05, 3.63) is 40.6 Å². The molecule has 2 aromatic rings. The molecule has 1 atom stereocenters. The molecule has 6 nitrogen and oxygen atoms in total. The van der Waals surface area contributed by atoms with Crippen molar-refractivity contribution in [2.45, 2.75) is 30.2 Å². The maximum Gasteiger partial charge on any atom is 0.417 e. The highest BCUT2D eigenvalue weighted by atomic mass is 35.5. The Bertz CT molecular complexity index is 909. The zero-order valence-electron chi connectivity index (χ0n) is 12.9. The van der Waals surface area contributed by atoms with Crippen LogP contribution in [0.3, 0.4) is 0 Å². The molecule has 1 aromatic heterocycles. The Morgan fingerprint density at radius 2 is 1.96 bits per heavy atom.